The lowest BCUT2D eigenvalue weighted by molar-refractivity contribution is -0.116. The molecule has 2 aromatic rings. The van der Waals surface area contributed by atoms with Crippen molar-refractivity contribution in [2.24, 2.45) is 10.8 Å². The Morgan fingerprint density at radius 2 is 1.74 bits per heavy atom. The van der Waals surface area contributed by atoms with E-state index < -0.39 is 0 Å². The normalized spacial score (nSPS) is 19.1. The van der Waals surface area contributed by atoms with E-state index in [9.17, 15) is 4.79 Å². The number of amides is 1. The van der Waals surface area contributed by atoms with Crippen molar-refractivity contribution in [3.63, 3.8) is 0 Å². The quantitative estimate of drug-likeness (QED) is 0.672. The molecule has 3 rings (SSSR count). The fourth-order valence-corrected chi connectivity index (χ4v) is 2.76. The van der Waals surface area contributed by atoms with Gasteiger partial charge in [0.15, 0.2) is 5.11 Å². The molecule has 1 saturated heterocycles. The Morgan fingerprint density at radius 3 is 2.35 bits per heavy atom. The summed E-state index contributed by atoms with van der Waals surface area (Å²) in [7, 11) is 0. The molecule has 1 fully saturated rings. The van der Waals surface area contributed by atoms with Gasteiger partial charge in [-0.1, -0.05) is 48.5 Å². The van der Waals surface area contributed by atoms with Crippen LogP contribution in [0.2, 0.25) is 0 Å². The van der Waals surface area contributed by atoms with Crippen LogP contribution in [0, 0.1) is 0 Å². The number of carbonyl (C=O) groups is 1. The second kappa shape index (κ2) is 6.58. The lowest BCUT2D eigenvalue weighted by atomic mass is 10.0. The van der Waals surface area contributed by atoms with E-state index in [-0.39, 0.29) is 23.5 Å². The third kappa shape index (κ3) is 3.22. The summed E-state index contributed by atoms with van der Waals surface area (Å²) in [4.78, 5) is 14.3. The van der Waals surface area contributed by atoms with E-state index in [0.717, 1.165) is 11.3 Å². The molecule has 1 aliphatic rings. The Balaban J connectivity index is 2.05. The first kappa shape index (κ1) is 15.2. The maximum atomic E-state index is 12.6. The first-order valence-corrected chi connectivity index (χ1v) is 7.61. The van der Waals surface area contributed by atoms with Gasteiger partial charge in [-0.2, -0.15) is 5.10 Å². The minimum absolute atomic E-state index is 0.00598. The molecule has 116 valence electrons. The van der Waals surface area contributed by atoms with Gasteiger partial charge < -0.3 is 5.73 Å². The van der Waals surface area contributed by atoms with Gasteiger partial charge in [-0.3, -0.25) is 15.1 Å². The lowest BCUT2D eigenvalue weighted by Gasteiger charge is -2.25. The summed E-state index contributed by atoms with van der Waals surface area (Å²) in [6.07, 6.45) is 0.226. The Morgan fingerprint density at radius 1 is 1.13 bits per heavy atom. The molecule has 0 radical (unpaired) electrons. The van der Waals surface area contributed by atoms with Crippen LogP contribution in [0.1, 0.15) is 18.0 Å². The molecule has 0 bridgehead atoms. The Bertz CT molecular complexity index is 746. The number of anilines is 1. The van der Waals surface area contributed by atoms with Crippen LogP contribution in [0.4, 0.5) is 5.69 Å². The zero-order chi connectivity index (χ0) is 16.2. The Labute approximate surface area is 139 Å². The first-order valence-electron chi connectivity index (χ1n) is 7.21. The third-order valence-corrected chi connectivity index (χ3v) is 3.73. The van der Waals surface area contributed by atoms with E-state index in [0.29, 0.717) is 5.71 Å². The van der Waals surface area contributed by atoms with Crippen LogP contribution in [-0.4, -0.2) is 16.7 Å². The number of hydrazone groups is 1. The third-order valence-electron chi connectivity index (χ3n) is 3.63. The molecule has 1 aliphatic heterocycles. The molecule has 1 heterocycles. The van der Waals surface area contributed by atoms with Crippen LogP contribution in [-0.2, 0) is 4.79 Å². The highest BCUT2D eigenvalue weighted by atomic mass is 32.1. The zero-order valence-corrected chi connectivity index (χ0v) is 13.2. The smallest absolute Gasteiger partial charge is 0.233 e. The van der Waals surface area contributed by atoms with Gasteiger partial charge >= 0.3 is 0 Å². The van der Waals surface area contributed by atoms with E-state index in [4.69, 9.17) is 18.0 Å². The molecule has 3 N–H and O–H groups in total. The number of hydrogen-bond donors (Lipinski definition) is 2. The fourth-order valence-electron chi connectivity index (χ4n) is 2.72. The van der Waals surface area contributed by atoms with Crippen LogP contribution < -0.4 is 16.1 Å². The van der Waals surface area contributed by atoms with Crippen LogP contribution >= 0.6 is 12.2 Å². The monoisotopic (exact) mass is 324 g/mol. The van der Waals surface area contributed by atoms with Gasteiger partial charge in [0, 0.05) is 5.69 Å². The van der Waals surface area contributed by atoms with E-state index >= 15 is 0 Å². The highest BCUT2D eigenvalue weighted by molar-refractivity contribution is 7.80. The summed E-state index contributed by atoms with van der Waals surface area (Å²) in [5.74, 6) is -0.00598. The summed E-state index contributed by atoms with van der Waals surface area (Å²) in [6, 6.07) is 19.1. The van der Waals surface area contributed by atoms with Crippen molar-refractivity contribution in [3.8, 4) is 0 Å². The van der Waals surface area contributed by atoms with Crippen molar-refractivity contribution < 1.29 is 4.79 Å². The molecule has 0 spiro atoms. The molecule has 23 heavy (non-hydrogen) atoms. The molecule has 1 amide bonds. The largest absolute Gasteiger partial charge is 0.375 e. The number of rotatable bonds is 3. The molecule has 1 atom stereocenters. The minimum atomic E-state index is -0.270. The van der Waals surface area contributed by atoms with Crippen molar-refractivity contribution in [1.82, 2.24) is 5.43 Å². The average molecular weight is 324 g/mol. The number of thiocarbonyl (C=S) groups is 1. The highest BCUT2D eigenvalue weighted by Crippen LogP contribution is 2.35. The molecule has 0 aromatic heterocycles. The van der Waals surface area contributed by atoms with Crippen molar-refractivity contribution >= 4 is 34.6 Å². The fraction of sp³-hybridized carbons (Fsp3) is 0.118. The van der Waals surface area contributed by atoms with Crippen LogP contribution in [0.3, 0.4) is 0 Å². The predicted octanol–water partition coefficient (Wildman–Crippen LogP) is 2.35. The molecule has 0 saturated carbocycles. The van der Waals surface area contributed by atoms with Gasteiger partial charge in [0.1, 0.15) is 6.04 Å². The van der Waals surface area contributed by atoms with Crippen molar-refractivity contribution in [3.05, 3.63) is 66.2 Å². The van der Waals surface area contributed by atoms with E-state index in [1.165, 1.54) is 0 Å². The number of nitrogens with two attached hydrogens (primary N) is 1. The number of nitrogens with zero attached hydrogens (tertiary/aromatic N) is 2. The maximum Gasteiger partial charge on any atom is 0.233 e. The molecule has 2 aromatic carbocycles. The molecular formula is C17H16N4OS. The number of carbonyl (C=O) groups excluding carboxylic acids is 1. The number of benzene rings is 2. The number of hydrogen-bond acceptors (Lipinski definition) is 3. The highest BCUT2D eigenvalue weighted by Gasteiger charge is 2.38. The molecule has 0 unspecified atom stereocenters. The van der Waals surface area contributed by atoms with Crippen LogP contribution in [0.25, 0.3) is 0 Å². The second-order valence-corrected chi connectivity index (χ2v) is 5.61. The molecule has 6 heteroatoms. The lowest BCUT2D eigenvalue weighted by Crippen LogP contribution is -2.30. The van der Waals surface area contributed by atoms with Crippen LogP contribution in [0.15, 0.2) is 65.8 Å². The van der Waals surface area contributed by atoms with Crippen molar-refractivity contribution in [1.29, 1.82) is 0 Å². The Hall–Kier alpha value is -2.73. The molecular weight excluding hydrogens is 308 g/mol. The predicted molar refractivity (Wildman–Crippen MR) is 95.1 cm³/mol. The van der Waals surface area contributed by atoms with Gasteiger partial charge in [-0.25, -0.2) is 0 Å². The van der Waals surface area contributed by atoms with Gasteiger partial charge in [0.2, 0.25) is 5.91 Å². The van der Waals surface area contributed by atoms with E-state index in [2.05, 4.69) is 10.5 Å². The first-order chi connectivity index (χ1) is 11.2. The van der Waals surface area contributed by atoms with Gasteiger partial charge in [-0.05, 0) is 29.9 Å². The van der Waals surface area contributed by atoms with Crippen molar-refractivity contribution in [2.75, 3.05) is 4.90 Å². The maximum absolute atomic E-state index is 12.6. The zero-order valence-electron chi connectivity index (χ0n) is 12.3. The van der Waals surface area contributed by atoms with Crippen molar-refractivity contribution in [2.45, 2.75) is 12.5 Å². The van der Waals surface area contributed by atoms with E-state index in [1.54, 1.807) is 4.90 Å². The van der Waals surface area contributed by atoms with Gasteiger partial charge in [-0.15, -0.1) is 0 Å². The van der Waals surface area contributed by atoms with E-state index in [1.807, 2.05) is 60.7 Å². The average Bonchev–Trinajstić information content (AvgIpc) is 2.91. The molecule has 5 nitrogen and oxygen atoms in total. The summed E-state index contributed by atoms with van der Waals surface area (Å²) in [6.45, 7) is 0. The summed E-state index contributed by atoms with van der Waals surface area (Å²) in [5.41, 5.74) is 10.6. The number of para-hydroxylation sites is 1. The SMILES string of the molecule is NC(=S)N/N=C1\CC(=O)N(c2ccccc2)[C@@H]1c1ccccc1. The summed E-state index contributed by atoms with van der Waals surface area (Å²) >= 11 is 4.80. The molecule has 0 aliphatic carbocycles. The summed E-state index contributed by atoms with van der Waals surface area (Å²) < 4.78 is 0. The summed E-state index contributed by atoms with van der Waals surface area (Å²) in [5, 5.41) is 4.32. The van der Waals surface area contributed by atoms with Gasteiger partial charge in [0.05, 0.1) is 12.1 Å². The second-order valence-electron chi connectivity index (χ2n) is 5.17. The minimum Gasteiger partial charge on any atom is -0.375 e. The standard InChI is InChI=1S/C17H16N4OS/c18-17(23)20-19-14-11-15(22)21(13-9-5-2-6-10-13)16(14)12-7-3-1-4-8-12/h1-10,16H,11H2,(H3,18,20,23)/b19-14+/t16-/m1/s1. The van der Waals surface area contributed by atoms with Crippen LogP contribution in [0.5, 0.6) is 0 Å². The Kier molecular flexibility index (Phi) is 4.34. The topological polar surface area (TPSA) is 70.7 Å². The number of nitrogens with one attached hydrogen (secondary N) is 1. The van der Waals surface area contributed by atoms with Gasteiger partial charge in [0.25, 0.3) is 0 Å².